The van der Waals surface area contributed by atoms with Gasteiger partial charge in [0.25, 0.3) is 0 Å². The molecule has 0 saturated heterocycles. The lowest BCUT2D eigenvalue weighted by Gasteiger charge is -2.34. The summed E-state index contributed by atoms with van der Waals surface area (Å²) >= 11 is 0. The quantitative estimate of drug-likeness (QED) is 0.802. The number of aromatic nitrogens is 2. The van der Waals surface area contributed by atoms with E-state index in [1.54, 1.807) is 6.20 Å². The molecule has 1 fully saturated rings. The van der Waals surface area contributed by atoms with Crippen molar-refractivity contribution in [3.63, 3.8) is 0 Å². The van der Waals surface area contributed by atoms with Crippen LogP contribution >= 0.6 is 0 Å². The second-order valence-electron chi connectivity index (χ2n) is 5.67. The van der Waals surface area contributed by atoms with Gasteiger partial charge in [0.1, 0.15) is 0 Å². The van der Waals surface area contributed by atoms with E-state index in [0.29, 0.717) is 6.54 Å². The molecule has 0 spiro atoms. The van der Waals surface area contributed by atoms with Crippen LogP contribution in [0.15, 0.2) is 24.4 Å². The van der Waals surface area contributed by atoms with Gasteiger partial charge in [-0.3, -0.25) is 9.89 Å². The van der Waals surface area contributed by atoms with Gasteiger partial charge < -0.3 is 11.1 Å². The monoisotopic (exact) mass is 272 g/mol. The number of carbonyl (C=O) groups is 1. The van der Waals surface area contributed by atoms with Crippen molar-refractivity contribution in [3.05, 3.63) is 24.4 Å². The van der Waals surface area contributed by atoms with Crippen LogP contribution in [0.3, 0.4) is 0 Å². The van der Waals surface area contributed by atoms with Crippen molar-refractivity contribution >= 4 is 22.5 Å². The number of nitrogens with two attached hydrogens (primary N) is 1. The number of benzene rings is 1. The molecule has 0 unspecified atom stereocenters. The maximum atomic E-state index is 12.6. The van der Waals surface area contributed by atoms with Gasteiger partial charge in [-0.25, -0.2) is 0 Å². The zero-order valence-corrected chi connectivity index (χ0v) is 11.5. The third-order valence-electron chi connectivity index (χ3n) is 4.38. The molecule has 1 aromatic carbocycles. The van der Waals surface area contributed by atoms with E-state index in [1.165, 1.54) is 6.42 Å². The van der Waals surface area contributed by atoms with E-state index < -0.39 is 0 Å². The fourth-order valence-corrected chi connectivity index (χ4v) is 3.04. The van der Waals surface area contributed by atoms with Crippen LogP contribution < -0.4 is 11.1 Å². The van der Waals surface area contributed by atoms with Crippen LogP contribution in [0.2, 0.25) is 0 Å². The number of amides is 1. The summed E-state index contributed by atoms with van der Waals surface area (Å²) in [5.41, 5.74) is 7.28. The average Bonchev–Trinajstić information content (AvgIpc) is 2.95. The van der Waals surface area contributed by atoms with E-state index in [1.807, 2.05) is 18.2 Å². The first-order chi connectivity index (χ1) is 9.73. The van der Waals surface area contributed by atoms with E-state index in [-0.39, 0.29) is 11.3 Å². The van der Waals surface area contributed by atoms with Crippen molar-refractivity contribution in [2.45, 2.75) is 32.1 Å². The second-order valence-corrected chi connectivity index (χ2v) is 5.67. The van der Waals surface area contributed by atoms with Gasteiger partial charge in [-0.15, -0.1) is 0 Å². The van der Waals surface area contributed by atoms with Crippen LogP contribution in [0.1, 0.15) is 32.1 Å². The first kappa shape index (κ1) is 13.1. The first-order valence-electron chi connectivity index (χ1n) is 7.18. The number of aromatic amines is 1. The highest BCUT2D eigenvalue weighted by Crippen LogP contribution is 2.36. The highest BCUT2D eigenvalue weighted by Gasteiger charge is 2.38. The van der Waals surface area contributed by atoms with E-state index in [2.05, 4.69) is 15.5 Å². The minimum atomic E-state index is -0.385. The van der Waals surface area contributed by atoms with Gasteiger partial charge in [-0.2, -0.15) is 5.10 Å². The number of anilines is 1. The summed E-state index contributed by atoms with van der Waals surface area (Å²) in [6, 6.07) is 5.75. The largest absolute Gasteiger partial charge is 0.329 e. The normalized spacial score (nSPS) is 18.1. The van der Waals surface area contributed by atoms with Gasteiger partial charge in [0.2, 0.25) is 5.91 Å². The van der Waals surface area contributed by atoms with E-state index in [0.717, 1.165) is 42.3 Å². The fraction of sp³-hybridized carbons (Fsp3) is 0.467. The van der Waals surface area contributed by atoms with Crippen molar-refractivity contribution in [1.82, 2.24) is 10.2 Å². The van der Waals surface area contributed by atoms with Crippen LogP contribution in [0, 0.1) is 5.41 Å². The average molecular weight is 272 g/mol. The maximum Gasteiger partial charge on any atom is 0.231 e. The molecule has 1 amide bonds. The first-order valence-corrected chi connectivity index (χ1v) is 7.18. The van der Waals surface area contributed by atoms with Crippen LogP contribution in [0.25, 0.3) is 10.9 Å². The number of rotatable bonds is 3. The molecule has 5 nitrogen and oxygen atoms in total. The van der Waals surface area contributed by atoms with Crippen LogP contribution in [-0.2, 0) is 4.79 Å². The molecule has 1 saturated carbocycles. The van der Waals surface area contributed by atoms with Crippen LogP contribution in [0.4, 0.5) is 5.69 Å². The molecule has 3 rings (SSSR count). The van der Waals surface area contributed by atoms with Gasteiger partial charge in [-0.05, 0) is 31.0 Å². The summed E-state index contributed by atoms with van der Waals surface area (Å²) in [6.45, 7) is 0.423. The highest BCUT2D eigenvalue weighted by atomic mass is 16.2. The number of carbonyl (C=O) groups excluding carboxylic acids is 1. The molecular weight excluding hydrogens is 252 g/mol. The molecule has 1 aliphatic rings. The zero-order chi connectivity index (χ0) is 14.0. The Morgan fingerprint density at radius 2 is 2.15 bits per heavy atom. The SMILES string of the molecule is NCC1(C(=O)Nc2ccc3[nH]ncc3c2)CCCCC1. The third-order valence-corrected chi connectivity index (χ3v) is 4.38. The molecule has 20 heavy (non-hydrogen) atoms. The van der Waals surface area contributed by atoms with Crippen LogP contribution in [-0.4, -0.2) is 22.6 Å². The Morgan fingerprint density at radius 1 is 1.35 bits per heavy atom. The number of H-pyrrole nitrogens is 1. The molecule has 0 aliphatic heterocycles. The molecule has 1 heterocycles. The predicted octanol–water partition coefficient (Wildman–Crippen LogP) is 2.41. The molecule has 5 heteroatoms. The Kier molecular flexibility index (Phi) is 3.44. The standard InChI is InChI=1S/C15H20N4O/c16-10-15(6-2-1-3-7-15)14(20)18-12-4-5-13-11(8-12)9-17-19-13/h4-5,8-9H,1-3,6-7,10,16H2,(H,17,19)(H,18,20). The number of nitrogens with zero attached hydrogens (tertiary/aromatic N) is 1. The highest BCUT2D eigenvalue weighted by molar-refractivity contribution is 5.97. The van der Waals surface area contributed by atoms with Crippen molar-refractivity contribution in [3.8, 4) is 0 Å². The predicted molar refractivity (Wildman–Crippen MR) is 79.3 cm³/mol. The fourth-order valence-electron chi connectivity index (χ4n) is 3.04. The minimum Gasteiger partial charge on any atom is -0.329 e. The Labute approximate surface area is 117 Å². The molecule has 4 N–H and O–H groups in total. The Hall–Kier alpha value is -1.88. The van der Waals surface area contributed by atoms with E-state index >= 15 is 0 Å². The number of hydrogen-bond donors (Lipinski definition) is 3. The summed E-state index contributed by atoms with van der Waals surface area (Å²) in [5, 5.41) is 10.9. The minimum absolute atomic E-state index is 0.0579. The van der Waals surface area contributed by atoms with Gasteiger partial charge in [0.05, 0.1) is 17.1 Å². The molecule has 0 atom stereocenters. The van der Waals surface area contributed by atoms with Gasteiger partial charge in [0.15, 0.2) is 0 Å². The van der Waals surface area contributed by atoms with E-state index in [4.69, 9.17) is 5.73 Å². The van der Waals surface area contributed by atoms with Crippen LogP contribution in [0.5, 0.6) is 0 Å². The van der Waals surface area contributed by atoms with Gasteiger partial charge in [-0.1, -0.05) is 19.3 Å². The molecule has 106 valence electrons. The Morgan fingerprint density at radius 3 is 2.90 bits per heavy atom. The number of fused-ring (bicyclic) bond motifs is 1. The van der Waals surface area contributed by atoms with Crippen molar-refractivity contribution < 1.29 is 4.79 Å². The van der Waals surface area contributed by atoms with Crippen molar-refractivity contribution in [2.75, 3.05) is 11.9 Å². The Balaban J connectivity index is 1.80. The molecule has 0 radical (unpaired) electrons. The maximum absolute atomic E-state index is 12.6. The summed E-state index contributed by atoms with van der Waals surface area (Å²) in [5.74, 6) is 0.0579. The molecule has 1 aromatic heterocycles. The summed E-state index contributed by atoms with van der Waals surface area (Å²) in [4.78, 5) is 12.6. The molecule has 0 bridgehead atoms. The van der Waals surface area contributed by atoms with E-state index in [9.17, 15) is 4.79 Å². The topological polar surface area (TPSA) is 83.8 Å². The molecular formula is C15H20N4O. The van der Waals surface area contributed by atoms with Crippen molar-refractivity contribution in [1.29, 1.82) is 0 Å². The van der Waals surface area contributed by atoms with Gasteiger partial charge in [0, 0.05) is 17.6 Å². The second kappa shape index (κ2) is 5.25. The summed E-state index contributed by atoms with van der Waals surface area (Å²) in [6.07, 6.45) is 6.92. The zero-order valence-electron chi connectivity index (χ0n) is 11.5. The molecule has 1 aliphatic carbocycles. The summed E-state index contributed by atoms with van der Waals surface area (Å²) in [7, 11) is 0. The lowest BCUT2D eigenvalue weighted by atomic mass is 9.73. The number of hydrogen-bond acceptors (Lipinski definition) is 3. The third kappa shape index (κ3) is 2.29. The molecule has 2 aromatic rings. The lowest BCUT2D eigenvalue weighted by Crippen LogP contribution is -2.43. The smallest absolute Gasteiger partial charge is 0.231 e. The Bertz CT molecular complexity index is 613. The lowest BCUT2D eigenvalue weighted by molar-refractivity contribution is -0.126. The summed E-state index contributed by atoms with van der Waals surface area (Å²) < 4.78 is 0. The number of nitrogens with one attached hydrogen (secondary N) is 2. The van der Waals surface area contributed by atoms with Gasteiger partial charge >= 0.3 is 0 Å². The van der Waals surface area contributed by atoms with Crippen molar-refractivity contribution in [2.24, 2.45) is 11.1 Å².